The van der Waals surface area contributed by atoms with E-state index in [9.17, 15) is 4.79 Å². The van der Waals surface area contributed by atoms with E-state index in [0.29, 0.717) is 5.92 Å². The summed E-state index contributed by atoms with van der Waals surface area (Å²) >= 11 is 0. The normalized spacial score (nSPS) is 22.4. The number of benzene rings is 1. The second kappa shape index (κ2) is 7.60. The van der Waals surface area contributed by atoms with Crippen LogP contribution in [0.15, 0.2) is 30.3 Å². The van der Waals surface area contributed by atoms with Gasteiger partial charge in [-0.3, -0.25) is 4.79 Å². The van der Waals surface area contributed by atoms with E-state index in [1.807, 2.05) is 4.90 Å². The van der Waals surface area contributed by atoms with Crippen LogP contribution in [0, 0.1) is 5.92 Å². The Labute approximate surface area is 128 Å². The summed E-state index contributed by atoms with van der Waals surface area (Å²) in [5, 5.41) is 0. The van der Waals surface area contributed by atoms with Crippen molar-refractivity contribution in [3.05, 3.63) is 35.9 Å². The van der Waals surface area contributed by atoms with Crippen LogP contribution in [0.4, 0.5) is 0 Å². The van der Waals surface area contributed by atoms with Gasteiger partial charge < -0.3 is 10.6 Å². The molecule has 1 aliphatic heterocycles. The molecule has 3 atom stereocenters. The van der Waals surface area contributed by atoms with E-state index < -0.39 is 0 Å². The van der Waals surface area contributed by atoms with Crippen LogP contribution in [-0.4, -0.2) is 29.9 Å². The molecule has 1 fully saturated rings. The summed E-state index contributed by atoms with van der Waals surface area (Å²) in [4.78, 5) is 14.5. The summed E-state index contributed by atoms with van der Waals surface area (Å²) < 4.78 is 0. The van der Waals surface area contributed by atoms with E-state index in [0.717, 1.165) is 38.8 Å². The van der Waals surface area contributed by atoms with Gasteiger partial charge in [-0.1, -0.05) is 50.6 Å². The molecule has 0 spiro atoms. The standard InChI is InChI=1S/C18H28N2O/c1-3-14(2)17(19)18(21)20-12-7-10-16(11-13-20)15-8-5-4-6-9-15/h4-6,8-9,14,16-17H,3,7,10-13,19H2,1-2H3. The van der Waals surface area contributed by atoms with Gasteiger partial charge in [0, 0.05) is 13.1 Å². The molecule has 1 aromatic carbocycles. The lowest BCUT2D eigenvalue weighted by Gasteiger charge is -2.27. The van der Waals surface area contributed by atoms with Crippen LogP contribution < -0.4 is 5.73 Å². The van der Waals surface area contributed by atoms with Crippen molar-refractivity contribution < 1.29 is 4.79 Å². The molecule has 0 saturated carbocycles. The Morgan fingerprint density at radius 2 is 2.00 bits per heavy atom. The van der Waals surface area contributed by atoms with Crippen molar-refractivity contribution in [2.24, 2.45) is 11.7 Å². The first-order valence-corrected chi connectivity index (χ1v) is 8.22. The maximum Gasteiger partial charge on any atom is 0.239 e. The summed E-state index contributed by atoms with van der Waals surface area (Å²) in [6, 6.07) is 10.3. The molecule has 0 aliphatic carbocycles. The smallest absolute Gasteiger partial charge is 0.239 e. The van der Waals surface area contributed by atoms with E-state index in [4.69, 9.17) is 5.73 Å². The number of carbonyl (C=O) groups is 1. The van der Waals surface area contributed by atoms with Crippen molar-refractivity contribution in [3.8, 4) is 0 Å². The number of nitrogens with zero attached hydrogens (tertiary/aromatic N) is 1. The predicted octanol–water partition coefficient (Wildman–Crippen LogP) is 3.16. The van der Waals surface area contributed by atoms with Crippen LogP contribution in [0.1, 0.15) is 51.0 Å². The minimum Gasteiger partial charge on any atom is -0.341 e. The van der Waals surface area contributed by atoms with E-state index in [-0.39, 0.29) is 17.9 Å². The van der Waals surface area contributed by atoms with Gasteiger partial charge in [0.2, 0.25) is 5.91 Å². The zero-order valence-electron chi connectivity index (χ0n) is 13.3. The Bertz CT molecular complexity index is 446. The van der Waals surface area contributed by atoms with Crippen molar-refractivity contribution in [2.45, 2.75) is 51.5 Å². The van der Waals surface area contributed by atoms with E-state index in [1.54, 1.807) is 0 Å². The molecule has 1 amide bonds. The van der Waals surface area contributed by atoms with Gasteiger partial charge >= 0.3 is 0 Å². The van der Waals surface area contributed by atoms with Gasteiger partial charge in [0.05, 0.1) is 6.04 Å². The molecular formula is C18H28N2O. The zero-order valence-corrected chi connectivity index (χ0v) is 13.3. The number of nitrogens with two attached hydrogens (primary N) is 1. The topological polar surface area (TPSA) is 46.3 Å². The summed E-state index contributed by atoms with van der Waals surface area (Å²) in [5.41, 5.74) is 7.51. The molecule has 21 heavy (non-hydrogen) atoms. The van der Waals surface area contributed by atoms with Gasteiger partial charge in [0.15, 0.2) is 0 Å². The van der Waals surface area contributed by atoms with Crippen LogP contribution in [0.2, 0.25) is 0 Å². The van der Waals surface area contributed by atoms with Gasteiger partial charge in [-0.2, -0.15) is 0 Å². The molecule has 2 N–H and O–H groups in total. The number of likely N-dealkylation sites (tertiary alicyclic amines) is 1. The summed E-state index contributed by atoms with van der Waals surface area (Å²) in [5.74, 6) is 0.965. The lowest BCUT2D eigenvalue weighted by atomic mass is 9.92. The van der Waals surface area contributed by atoms with Gasteiger partial charge in [0.1, 0.15) is 0 Å². The van der Waals surface area contributed by atoms with Gasteiger partial charge in [0.25, 0.3) is 0 Å². The molecule has 3 nitrogen and oxygen atoms in total. The molecule has 1 aliphatic rings. The fourth-order valence-electron chi connectivity index (χ4n) is 3.08. The second-order valence-corrected chi connectivity index (χ2v) is 6.28. The molecule has 3 heteroatoms. The highest BCUT2D eigenvalue weighted by molar-refractivity contribution is 5.82. The average molecular weight is 288 g/mol. The third kappa shape index (κ3) is 4.07. The molecular weight excluding hydrogens is 260 g/mol. The van der Waals surface area contributed by atoms with Crippen molar-refractivity contribution in [1.29, 1.82) is 0 Å². The molecule has 1 aromatic rings. The molecule has 0 radical (unpaired) electrons. The highest BCUT2D eigenvalue weighted by Crippen LogP contribution is 2.28. The summed E-state index contributed by atoms with van der Waals surface area (Å²) in [6.07, 6.45) is 4.22. The highest BCUT2D eigenvalue weighted by atomic mass is 16.2. The Kier molecular flexibility index (Phi) is 5.80. The Morgan fingerprint density at radius 3 is 2.67 bits per heavy atom. The van der Waals surface area contributed by atoms with Crippen LogP contribution in [-0.2, 0) is 4.79 Å². The maximum absolute atomic E-state index is 12.5. The quantitative estimate of drug-likeness (QED) is 0.925. The van der Waals surface area contributed by atoms with Crippen LogP contribution >= 0.6 is 0 Å². The van der Waals surface area contributed by atoms with Crippen LogP contribution in [0.25, 0.3) is 0 Å². The molecule has 2 rings (SSSR count). The second-order valence-electron chi connectivity index (χ2n) is 6.28. The zero-order chi connectivity index (χ0) is 15.2. The Hall–Kier alpha value is -1.35. The van der Waals surface area contributed by atoms with Crippen molar-refractivity contribution >= 4 is 5.91 Å². The Balaban J connectivity index is 1.96. The van der Waals surface area contributed by atoms with E-state index >= 15 is 0 Å². The van der Waals surface area contributed by atoms with Crippen LogP contribution in [0.3, 0.4) is 0 Å². The average Bonchev–Trinajstić information content (AvgIpc) is 2.79. The SMILES string of the molecule is CCC(C)C(N)C(=O)N1CCCC(c2ccccc2)CC1. The molecule has 3 unspecified atom stereocenters. The largest absolute Gasteiger partial charge is 0.341 e. The first kappa shape index (κ1) is 16.0. The number of hydrogen-bond acceptors (Lipinski definition) is 2. The third-order valence-electron chi connectivity index (χ3n) is 4.85. The van der Waals surface area contributed by atoms with E-state index in [1.165, 1.54) is 5.56 Å². The number of amides is 1. The summed E-state index contributed by atoms with van der Waals surface area (Å²) in [7, 11) is 0. The highest BCUT2D eigenvalue weighted by Gasteiger charge is 2.27. The van der Waals surface area contributed by atoms with Crippen molar-refractivity contribution in [2.75, 3.05) is 13.1 Å². The first-order valence-electron chi connectivity index (χ1n) is 8.22. The number of hydrogen-bond donors (Lipinski definition) is 1. The fourth-order valence-corrected chi connectivity index (χ4v) is 3.08. The minimum absolute atomic E-state index is 0.137. The Morgan fingerprint density at radius 1 is 1.29 bits per heavy atom. The molecule has 0 aromatic heterocycles. The predicted molar refractivity (Wildman–Crippen MR) is 87.0 cm³/mol. The lowest BCUT2D eigenvalue weighted by Crippen LogP contribution is -2.47. The van der Waals surface area contributed by atoms with Gasteiger partial charge in [-0.25, -0.2) is 0 Å². The van der Waals surface area contributed by atoms with Crippen LogP contribution in [0.5, 0.6) is 0 Å². The maximum atomic E-state index is 12.5. The first-order chi connectivity index (χ1) is 10.1. The minimum atomic E-state index is -0.344. The molecule has 116 valence electrons. The number of rotatable bonds is 4. The van der Waals surface area contributed by atoms with Crippen molar-refractivity contribution in [1.82, 2.24) is 4.90 Å². The van der Waals surface area contributed by atoms with Gasteiger partial charge in [-0.15, -0.1) is 0 Å². The molecule has 0 bridgehead atoms. The summed E-state index contributed by atoms with van der Waals surface area (Å²) in [6.45, 7) is 5.84. The van der Waals surface area contributed by atoms with E-state index in [2.05, 4.69) is 44.2 Å². The molecule has 1 heterocycles. The monoisotopic (exact) mass is 288 g/mol. The number of carbonyl (C=O) groups excluding carboxylic acids is 1. The van der Waals surface area contributed by atoms with Gasteiger partial charge in [-0.05, 0) is 36.7 Å². The van der Waals surface area contributed by atoms with Crippen molar-refractivity contribution in [3.63, 3.8) is 0 Å². The third-order valence-corrected chi connectivity index (χ3v) is 4.85. The fraction of sp³-hybridized carbons (Fsp3) is 0.611. The molecule has 1 saturated heterocycles. The lowest BCUT2D eigenvalue weighted by molar-refractivity contribution is -0.133.